The van der Waals surface area contributed by atoms with Crippen LogP contribution in [0.2, 0.25) is 0 Å². The molecule has 0 bridgehead atoms. The van der Waals surface area contributed by atoms with E-state index < -0.39 is 27.5 Å². The molecule has 34 heavy (non-hydrogen) atoms. The van der Waals surface area contributed by atoms with Gasteiger partial charge in [-0.1, -0.05) is 6.07 Å². The van der Waals surface area contributed by atoms with Gasteiger partial charge < -0.3 is 18.7 Å². The number of hydrogen-bond donors (Lipinski definition) is 0. The summed E-state index contributed by atoms with van der Waals surface area (Å²) in [6.45, 7) is 1.42. The van der Waals surface area contributed by atoms with E-state index in [2.05, 4.69) is 23.9 Å². The number of halogens is 3. The molecule has 1 aromatic carbocycles. The molecule has 180 valence electrons. The smallest absolute Gasteiger partial charge is 0.465 e. The third kappa shape index (κ3) is 4.66. The van der Waals surface area contributed by atoms with Crippen molar-refractivity contribution in [2.45, 2.75) is 5.51 Å². The molecule has 0 radical (unpaired) electrons. The number of pyridine rings is 1. The average Bonchev–Trinajstić information content (AvgIpc) is 2.82. The maximum Gasteiger partial charge on any atom is 0.534 e. The van der Waals surface area contributed by atoms with Crippen molar-refractivity contribution >= 4 is 38.8 Å². The number of benzene rings is 1. The van der Waals surface area contributed by atoms with Crippen LogP contribution in [0.3, 0.4) is 0 Å². The average molecular weight is 497 g/mol. The molecule has 0 N–H and O–H groups in total. The Morgan fingerprint density at radius 2 is 1.71 bits per heavy atom. The van der Waals surface area contributed by atoms with Crippen LogP contribution in [0.1, 0.15) is 10.4 Å². The molecule has 3 heterocycles. The molecule has 1 aliphatic heterocycles. The minimum absolute atomic E-state index is 0.0379. The van der Waals surface area contributed by atoms with Crippen molar-refractivity contribution in [3.8, 4) is 5.88 Å². The molecular formula is C20H18F3N5O5S. The Bertz CT molecular complexity index is 1310. The zero-order chi connectivity index (χ0) is 24.5. The SMILES string of the molecule is COC(=O)c1ccc2nc(OS(=O)(=O)C(F)(F)F)c(N3CCN(c4ccccn4)CC3)nc2c1. The number of anilines is 2. The van der Waals surface area contributed by atoms with Crippen molar-refractivity contribution in [2.24, 2.45) is 0 Å². The predicted octanol–water partition coefficient (Wildman–Crippen LogP) is 2.37. The van der Waals surface area contributed by atoms with Crippen molar-refractivity contribution in [1.29, 1.82) is 0 Å². The van der Waals surface area contributed by atoms with Crippen LogP contribution in [-0.4, -0.2) is 68.1 Å². The Morgan fingerprint density at radius 1 is 1.00 bits per heavy atom. The van der Waals surface area contributed by atoms with Crippen molar-refractivity contribution in [3.05, 3.63) is 48.2 Å². The summed E-state index contributed by atoms with van der Waals surface area (Å²) in [6.07, 6.45) is 1.64. The Kier molecular flexibility index (Phi) is 6.17. The third-order valence-electron chi connectivity index (χ3n) is 5.06. The number of methoxy groups -OCH3 is 1. The molecule has 1 saturated heterocycles. The first kappa shape index (κ1) is 23.5. The highest BCUT2D eigenvalue weighted by Crippen LogP contribution is 2.33. The van der Waals surface area contributed by atoms with Gasteiger partial charge in [0.2, 0.25) is 0 Å². The number of ether oxygens (including phenoxy) is 1. The lowest BCUT2D eigenvalue weighted by Gasteiger charge is -2.36. The van der Waals surface area contributed by atoms with E-state index in [0.717, 1.165) is 5.82 Å². The quantitative estimate of drug-likeness (QED) is 0.296. The van der Waals surface area contributed by atoms with Crippen LogP contribution < -0.4 is 14.0 Å². The van der Waals surface area contributed by atoms with E-state index in [1.165, 1.54) is 25.3 Å². The molecule has 4 rings (SSSR count). The van der Waals surface area contributed by atoms with Crippen molar-refractivity contribution in [1.82, 2.24) is 15.0 Å². The Balaban J connectivity index is 1.72. The number of alkyl halides is 3. The first-order chi connectivity index (χ1) is 16.1. The van der Waals surface area contributed by atoms with Crippen LogP contribution in [-0.2, 0) is 14.9 Å². The summed E-state index contributed by atoms with van der Waals surface area (Å²) in [5.41, 5.74) is -5.31. The van der Waals surface area contributed by atoms with Crippen LogP contribution in [0, 0.1) is 0 Å². The molecule has 1 aliphatic rings. The highest BCUT2D eigenvalue weighted by molar-refractivity contribution is 7.88. The number of carbonyl (C=O) groups is 1. The Labute approximate surface area is 192 Å². The second kappa shape index (κ2) is 8.93. The summed E-state index contributed by atoms with van der Waals surface area (Å²) in [5.74, 6) is -0.912. The van der Waals surface area contributed by atoms with Crippen LogP contribution in [0.5, 0.6) is 5.88 Å². The maximum atomic E-state index is 13.0. The lowest BCUT2D eigenvalue weighted by molar-refractivity contribution is -0.0501. The van der Waals surface area contributed by atoms with Crippen molar-refractivity contribution in [2.75, 3.05) is 43.1 Å². The standard InChI is InChI=1S/C20H18F3N5O5S/c1-32-19(29)13-5-6-14-15(12-13)25-17(18(26-14)33-34(30,31)20(21,22)23)28-10-8-27(9-11-28)16-4-2-3-7-24-16/h2-7,12H,8-11H2,1H3. The van der Waals surface area contributed by atoms with Crippen molar-refractivity contribution in [3.63, 3.8) is 0 Å². The third-order valence-corrected chi connectivity index (χ3v) is 6.00. The van der Waals surface area contributed by atoms with Gasteiger partial charge in [-0.2, -0.15) is 21.6 Å². The lowest BCUT2D eigenvalue weighted by Crippen LogP contribution is -2.47. The molecule has 14 heteroatoms. The van der Waals surface area contributed by atoms with E-state index in [1.54, 1.807) is 17.2 Å². The molecule has 3 aromatic rings. The normalized spacial score (nSPS) is 14.8. The van der Waals surface area contributed by atoms with Crippen LogP contribution in [0.25, 0.3) is 11.0 Å². The molecule has 1 fully saturated rings. The van der Waals surface area contributed by atoms with Crippen LogP contribution in [0.15, 0.2) is 42.6 Å². The van der Waals surface area contributed by atoms with E-state index in [9.17, 15) is 26.4 Å². The van der Waals surface area contributed by atoms with Gasteiger partial charge in [0.05, 0.1) is 23.7 Å². The minimum Gasteiger partial charge on any atom is -0.465 e. The zero-order valence-electron chi connectivity index (χ0n) is 17.7. The molecule has 2 aromatic heterocycles. The topological polar surface area (TPSA) is 115 Å². The summed E-state index contributed by atoms with van der Waals surface area (Å²) in [5, 5.41) is 0. The van der Waals surface area contributed by atoms with Gasteiger partial charge in [-0.15, -0.1) is 0 Å². The molecule has 0 aliphatic carbocycles. The number of piperazine rings is 1. The van der Waals surface area contributed by atoms with Crippen LogP contribution >= 0.6 is 0 Å². The first-order valence-electron chi connectivity index (χ1n) is 9.91. The molecule has 0 saturated carbocycles. The first-order valence-corrected chi connectivity index (χ1v) is 11.3. The van der Waals surface area contributed by atoms with Gasteiger partial charge in [0.15, 0.2) is 5.82 Å². The highest BCUT2D eigenvalue weighted by Gasteiger charge is 2.49. The number of esters is 1. The van der Waals surface area contributed by atoms with E-state index >= 15 is 0 Å². The largest absolute Gasteiger partial charge is 0.534 e. The summed E-state index contributed by atoms with van der Waals surface area (Å²) in [6, 6.07) is 9.42. The number of carbonyl (C=O) groups excluding carboxylic acids is 1. The van der Waals surface area contributed by atoms with Crippen LogP contribution in [0.4, 0.5) is 24.8 Å². The van der Waals surface area contributed by atoms with E-state index in [0.29, 0.717) is 13.1 Å². The zero-order valence-corrected chi connectivity index (χ0v) is 18.5. The number of fused-ring (bicyclic) bond motifs is 1. The maximum absolute atomic E-state index is 13.0. The predicted molar refractivity (Wildman–Crippen MR) is 115 cm³/mol. The van der Waals surface area contributed by atoms with Gasteiger partial charge in [0.1, 0.15) is 5.82 Å². The van der Waals surface area contributed by atoms with Gasteiger partial charge in [0.25, 0.3) is 5.88 Å². The Hall–Kier alpha value is -3.68. The summed E-state index contributed by atoms with van der Waals surface area (Å²) in [4.78, 5) is 27.9. The van der Waals surface area contributed by atoms with Crippen molar-refractivity contribution < 1.29 is 35.3 Å². The Morgan fingerprint density at radius 3 is 2.32 bits per heavy atom. The molecule has 0 atom stereocenters. The van der Waals surface area contributed by atoms with Gasteiger partial charge >= 0.3 is 21.6 Å². The van der Waals surface area contributed by atoms with E-state index in [4.69, 9.17) is 0 Å². The highest BCUT2D eigenvalue weighted by atomic mass is 32.2. The molecule has 0 amide bonds. The summed E-state index contributed by atoms with van der Waals surface area (Å²) in [7, 11) is -4.79. The van der Waals surface area contributed by atoms with Gasteiger partial charge in [-0.05, 0) is 30.3 Å². The fraction of sp³-hybridized carbons (Fsp3) is 0.300. The monoisotopic (exact) mass is 497 g/mol. The fourth-order valence-electron chi connectivity index (χ4n) is 3.37. The summed E-state index contributed by atoms with van der Waals surface area (Å²) >= 11 is 0. The summed E-state index contributed by atoms with van der Waals surface area (Å²) < 4.78 is 71.4. The molecular weight excluding hydrogens is 479 g/mol. The molecule has 10 nitrogen and oxygen atoms in total. The second-order valence-electron chi connectivity index (χ2n) is 7.19. The molecule has 0 unspecified atom stereocenters. The lowest BCUT2D eigenvalue weighted by atomic mass is 10.2. The van der Waals surface area contributed by atoms with Gasteiger partial charge in [0, 0.05) is 32.4 Å². The van der Waals surface area contributed by atoms with Gasteiger partial charge in [-0.25, -0.2) is 19.7 Å². The fourth-order valence-corrected chi connectivity index (χ4v) is 3.79. The van der Waals surface area contributed by atoms with E-state index in [1.807, 2.05) is 17.0 Å². The molecule has 0 spiro atoms. The second-order valence-corrected chi connectivity index (χ2v) is 8.73. The van der Waals surface area contributed by atoms with E-state index in [-0.39, 0.29) is 35.5 Å². The van der Waals surface area contributed by atoms with Gasteiger partial charge in [-0.3, -0.25) is 0 Å². The minimum atomic E-state index is -5.98. The number of hydrogen-bond acceptors (Lipinski definition) is 10. The number of nitrogens with zero attached hydrogens (tertiary/aromatic N) is 5. The number of rotatable bonds is 5. The number of aromatic nitrogens is 3.